The Labute approximate surface area is 145 Å². The first-order valence-corrected chi connectivity index (χ1v) is 10.2. The van der Waals surface area contributed by atoms with Gasteiger partial charge in [0.25, 0.3) is 0 Å². The molecule has 0 saturated heterocycles. The molecule has 0 heterocycles. The number of nitrogens with one attached hydrogen (secondary N) is 2. The molecule has 0 aliphatic rings. The third-order valence-electron chi connectivity index (χ3n) is 4.60. The van der Waals surface area contributed by atoms with Gasteiger partial charge < -0.3 is 10.6 Å². The van der Waals surface area contributed by atoms with Gasteiger partial charge in [-0.05, 0) is 19.9 Å². The molecule has 0 bridgehead atoms. The summed E-state index contributed by atoms with van der Waals surface area (Å²) in [6, 6.07) is 0. The molecule has 3 nitrogen and oxygen atoms in total. The Morgan fingerprint density at radius 1 is 0.739 bits per heavy atom. The lowest BCUT2D eigenvalue weighted by Gasteiger charge is -2.15. The first-order valence-electron chi connectivity index (χ1n) is 10.2. The van der Waals surface area contributed by atoms with E-state index in [9.17, 15) is 4.79 Å². The van der Waals surface area contributed by atoms with Crippen molar-refractivity contribution in [2.75, 3.05) is 7.05 Å². The minimum Gasteiger partial charge on any atom is -0.341 e. The zero-order valence-corrected chi connectivity index (χ0v) is 16.1. The van der Waals surface area contributed by atoms with Crippen LogP contribution in [0.2, 0.25) is 0 Å². The zero-order chi connectivity index (χ0) is 17.2. The van der Waals surface area contributed by atoms with Crippen LogP contribution in [0.15, 0.2) is 0 Å². The Kier molecular flexibility index (Phi) is 17.3. The fraction of sp³-hybridized carbons (Fsp3) is 0.950. The van der Waals surface area contributed by atoms with E-state index in [0.29, 0.717) is 6.42 Å². The van der Waals surface area contributed by atoms with Crippen molar-refractivity contribution in [3.05, 3.63) is 0 Å². The highest BCUT2D eigenvalue weighted by Gasteiger charge is 2.06. The molecule has 3 heteroatoms. The molecule has 0 rings (SSSR count). The van der Waals surface area contributed by atoms with Crippen LogP contribution < -0.4 is 10.6 Å². The Bertz CT molecular complexity index is 252. The highest BCUT2D eigenvalue weighted by molar-refractivity contribution is 5.76. The molecule has 0 spiro atoms. The third-order valence-corrected chi connectivity index (χ3v) is 4.60. The maximum absolute atomic E-state index is 11.7. The molecule has 0 aromatic rings. The fourth-order valence-electron chi connectivity index (χ4n) is 2.95. The Hall–Kier alpha value is -0.570. The van der Waals surface area contributed by atoms with Crippen molar-refractivity contribution >= 4 is 5.91 Å². The van der Waals surface area contributed by atoms with Crippen molar-refractivity contribution in [1.82, 2.24) is 10.6 Å². The summed E-state index contributed by atoms with van der Waals surface area (Å²) in [6.45, 7) is 4.35. The number of carbonyl (C=O) groups is 1. The standard InChI is InChI=1S/C20H42N2O/c1-4-6-7-8-9-10-11-12-13-14-15-16-17-18-20(23)22-19(5-2)21-3/h19,21H,4-18H2,1-3H3,(H,22,23). The van der Waals surface area contributed by atoms with Crippen LogP contribution in [0.4, 0.5) is 0 Å². The summed E-state index contributed by atoms with van der Waals surface area (Å²) >= 11 is 0. The average molecular weight is 327 g/mol. The second-order valence-corrected chi connectivity index (χ2v) is 6.81. The van der Waals surface area contributed by atoms with Crippen molar-refractivity contribution in [2.24, 2.45) is 0 Å². The van der Waals surface area contributed by atoms with Gasteiger partial charge in [0.1, 0.15) is 0 Å². The molecule has 0 fully saturated rings. The molecule has 138 valence electrons. The molecule has 0 radical (unpaired) electrons. The first-order chi connectivity index (χ1) is 11.2. The maximum Gasteiger partial charge on any atom is 0.221 e. The number of amides is 1. The summed E-state index contributed by atoms with van der Waals surface area (Å²) < 4.78 is 0. The van der Waals surface area contributed by atoms with E-state index in [2.05, 4.69) is 24.5 Å². The fourth-order valence-corrected chi connectivity index (χ4v) is 2.95. The van der Waals surface area contributed by atoms with Crippen LogP contribution in [-0.2, 0) is 4.79 Å². The van der Waals surface area contributed by atoms with Gasteiger partial charge in [0, 0.05) is 6.42 Å². The predicted molar refractivity (Wildman–Crippen MR) is 102 cm³/mol. The SMILES string of the molecule is CCCCCCCCCCCCCCCC(=O)NC(CC)NC. The summed E-state index contributed by atoms with van der Waals surface area (Å²) in [6.07, 6.45) is 19.2. The van der Waals surface area contributed by atoms with E-state index in [1.54, 1.807) is 0 Å². The quantitative estimate of drug-likeness (QED) is 0.272. The summed E-state index contributed by atoms with van der Waals surface area (Å²) in [4.78, 5) is 11.7. The molecule has 1 unspecified atom stereocenters. The number of unbranched alkanes of at least 4 members (excludes halogenated alkanes) is 12. The minimum absolute atomic E-state index is 0.129. The molecule has 0 aliphatic carbocycles. The molecule has 23 heavy (non-hydrogen) atoms. The van der Waals surface area contributed by atoms with E-state index in [1.165, 1.54) is 77.0 Å². The largest absolute Gasteiger partial charge is 0.341 e. The van der Waals surface area contributed by atoms with E-state index >= 15 is 0 Å². The van der Waals surface area contributed by atoms with E-state index < -0.39 is 0 Å². The molecule has 2 N–H and O–H groups in total. The van der Waals surface area contributed by atoms with Crippen LogP contribution in [-0.4, -0.2) is 19.1 Å². The highest BCUT2D eigenvalue weighted by Crippen LogP contribution is 2.12. The smallest absolute Gasteiger partial charge is 0.221 e. The monoisotopic (exact) mass is 326 g/mol. The molecule has 0 aromatic heterocycles. The Morgan fingerprint density at radius 2 is 1.17 bits per heavy atom. The maximum atomic E-state index is 11.7. The second-order valence-electron chi connectivity index (χ2n) is 6.81. The van der Waals surface area contributed by atoms with Crippen LogP contribution in [0.25, 0.3) is 0 Å². The van der Waals surface area contributed by atoms with Gasteiger partial charge in [0.15, 0.2) is 0 Å². The molecule has 0 aromatic carbocycles. The summed E-state index contributed by atoms with van der Waals surface area (Å²) in [5, 5.41) is 6.11. The summed E-state index contributed by atoms with van der Waals surface area (Å²) in [5.74, 6) is 0.189. The van der Waals surface area contributed by atoms with Crippen molar-refractivity contribution < 1.29 is 4.79 Å². The topological polar surface area (TPSA) is 41.1 Å². The zero-order valence-electron chi connectivity index (χ0n) is 16.1. The van der Waals surface area contributed by atoms with E-state index in [0.717, 1.165) is 12.8 Å². The van der Waals surface area contributed by atoms with Gasteiger partial charge in [-0.25, -0.2) is 0 Å². The van der Waals surface area contributed by atoms with Crippen molar-refractivity contribution in [1.29, 1.82) is 0 Å². The van der Waals surface area contributed by atoms with Crippen LogP contribution in [0.3, 0.4) is 0 Å². The lowest BCUT2D eigenvalue weighted by atomic mass is 10.0. The summed E-state index contributed by atoms with van der Waals surface area (Å²) in [7, 11) is 1.89. The minimum atomic E-state index is 0.129. The lowest BCUT2D eigenvalue weighted by molar-refractivity contribution is -0.122. The van der Waals surface area contributed by atoms with E-state index in [-0.39, 0.29) is 12.1 Å². The van der Waals surface area contributed by atoms with Crippen LogP contribution in [0, 0.1) is 0 Å². The van der Waals surface area contributed by atoms with Crippen molar-refractivity contribution in [3.8, 4) is 0 Å². The average Bonchev–Trinajstić information content (AvgIpc) is 2.56. The van der Waals surface area contributed by atoms with Crippen molar-refractivity contribution in [2.45, 2.75) is 116 Å². The van der Waals surface area contributed by atoms with Crippen LogP contribution in [0.5, 0.6) is 0 Å². The number of carbonyl (C=O) groups excluding carboxylic acids is 1. The number of rotatable bonds is 17. The Morgan fingerprint density at radius 3 is 1.57 bits per heavy atom. The van der Waals surface area contributed by atoms with E-state index in [4.69, 9.17) is 0 Å². The lowest BCUT2D eigenvalue weighted by Crippen LogP contribution is -2.43. The second kappa shape index (κ2) is 17.8. The number of hydrogen-bond acceptors (Lipinski definition) is 2. The molecular weight excluding hydrogens is 284 g/mol. The van der Waals surface area contributed by atoms with Crippen molar-refractivity contribution in [3.63, 3.8) is 0 Å². The molecule has 0 aliphatic heterocycles. The summed E-state index contributed by atoms with van der Waals surface area (Å²) in [5.41, 5.74) is 0. The molecule has 1 atom stereocenters. The van der Waals surface area contributed by atoms with Gasteiger partial charge in [-0.2, -0.15) is 0 Å². The van der Waals surface area contributed by atoms with Gasteiger partial charge in [0.05, 0.1) is 6.17 Å². The predicted octanol–water partition coefficient (Wildman–Crippen LogP) is 5.54. The highest BCUT2D eigenvalue weighted by atomic mass is 16.1. The molecule has 0 saturated carbocycles. The van der Waals surface area contributed by atoms with Gasteiger partial charge >= 0.3 is 0 Å². The van der Waals surface area contributed by atoms with Gasteiger partial charge in [-0.1, -0.05) is 90.9 Å². The van der Waals surface area contributed by atoms with E-state index in [1.807, 2.05) is 7.05 Å². The normalized spacial score (nSPS) is 12.3. The third kappa shape index (κ3) is 16.1. The molecular formula is C20H42N2O. The van der Waals surface area contributed by atoms with Gasteiger partial charge in [-0.15, -0.1) is 0 Å². The Balaban J connectivity index is 3.20. The first kappa shape index (κ1) is 22.4. The van der Waals surface area contributed by atoms with Gasteiger partial charge in [-0.3, -0.25) is 4.79 Å². The van der Waals surface area contributed by atoms with Crippen LogP contribution in [0.1, 0.15) is 110 Å². The molecule has 1 amide bonds. The van der Waals surface area contributed by atoms with Gasteiger partial charge in [0.2, 0.25) is 5.91 Å². The van der Waals surface area contributed by atoms with Crippen LogP contribution >= 0.6 is 0 Å². The number of hydrogen-bond donors (Lipinski definition) is 2.